The van der Waals surface area contributed by atoms with Gasteiger partial charge in [-0.3, -0.25) is 4.79 Å². The Morgan fingerprint density at radius 3 is 2.72 bits per heavy atom. The molecule has 0 fully saturated rings. The number of aromatic nitrogens is 2. The second-order valence-corrected chi connectivity index (χ2v) is 5.75. The molecule has 0 unspecified atom stereocenters. The Bertz CT molecular complexity index is 862. The number of ether oxygens (including phenoxy) is 1. The van der Waals surface area contributed by atoms with Gasteiger partial charge < -0.3 is 14.5 Å². The molecule has 0 bridgehead atoms. The quantitative estimate of drug-likeness (QED) is 0.732. The summed E-state index contributed by atoms with van der Waals surface area (Å²) < 4.78 is 10.6. The van der Waals surface area contributed by atoms with Crippen molar-refractivity contribution in [1.29, 1.82) is 0 Å². The van der Waals surface area contributed by atoms with E-state index in [1.165, 1.54) is 0 Å². The molecule has 0 aliphatic rings. The molecule has 3 rings (SSSR count). The van der Waals surface area contributed by atoms with E-state index in [0.29, 0.717) is 17.5 Å². The summed E-state index contributed by atoms with van der Waals surface area (Å²) in [7, 11) is 1.60. The van der Waals surface area contributed by atoms with Crippen LogP contribution in [0.5, 0.6) is 5.75 Å². The maximum atomic E-state index is 12.0. The molecule has 25 heavy (non-hydrogen) atoms. The number of benzene rings is 2. The van der Waals surface area contributed by atoms with Crippen molar-refractivity contribution in [2.24, 2.45) is 0 Å². The highest BCUT2D eigenvalue weighted by Gasteiger charge is 2.12. The zero-order valence-electron chi connectivity index (χ0n) is 13.5. The van der Waals surface area contributed by atoms with E-state index in [9.17, 15) is 4.79 Å². The number of nitrogens with zero attached hydrogens (tertiary/aromatic N) is 2. The van der Waals surface area contributed by atoms with Gasteiger partial charge in [-0.05, 0) is 42.0 Å². The Hall–Kier alpha value is -2.86. The number of rotatable bonds is 6. The van der Waals surface area contributed by atoms with Crippen LogP contribution in [0.3, 0.4) is 0 Å². The molecule has 1 N–H and O–H groups in total. The number of methoxy groups -OCH3 is 1. The molecule has 2 aromatic carbocycles. The van der Waals surface area contributed by atoms with Gasteiger partial charge in [-0.15, -0.1) is 10.2 Å². The minimum Gasteiger partial charge on any atom is -0.497 e. The first-order chi connectivity index (χ1) is 12.1. The first-order valence-corrected chi connectivity index (χ1v) is 8.00. The summed E-state index contributed by atoms with van der Waals surface area (Å²) in [4.78, 5) is 12.0. The third-order valence-electron chi connectivity index (χ3n) is 3.49. The third kappa shape index (κ3) is 4.58. The van der Waals surface area contributed by atoms with Crippen LogP contribution in [-0.2, 0) is 17.8 Å². The van der Waals surface area contributed by atoms with Crippen LogP contribution in [-0.4, -0.2) is 23.2 Å². The van der Waals surface area contributed by atoms with Gasteiger partial charge in [0.1, 0.15) is 12.2 Å². The smallest absolute Gasteiger partial charge is 0.247 e. The summed E-state index contributed by atoms with van der Waals surface area (Å²) in [5, 5.41) is 11.3. The number of amides is 1. The van der Waals surface area contributed by atoms with E-state index >= 15 is 0 Å². The molecule has 0 radical (unpaired) electrons. The van der Waals surface area contributed by atoms with Crippen LogP contribution in [0.2, 0.25) is 5.02 Å². The Kier molecular flexibility index (Phi) is 5.30. The van der Waals surface area contributed by atoms with Gasteiger partial charge in [0.25, 0.3) is 0 Å². The first kappa shape index (κ1) is 17.0. The van der Waals surface area contributed by atoms with Gasteiger partial charge in [0, 0.05) is 17.1 Å². The number of carbonyl (C=O) groups is 1. The van der Waals surface area contributed by atoms with E-state index in [4.69, 9.17) is 20.8 Å². The molecule has 1 amide bonds. The van der Waals surface area contributed by atoms with Crippen LogP contribution in [0.4, 0.5) is 0 Å². The highest BCUT2D eigenvalue weighted by atomic mass is 35.5. The average molecular weight is 358 g/mol. The van der Waals surface area contributed by atoms with Gasteiger partial charge in [0.15, 0.2) is 0 Å². The fourth-order valence-electron chi connectivity index (χ4n) is 2.22. The lowest BCUT2D eigenvalue weighted by Gasteiger charge is -2.04. The number of hydrogen-bond donors (Lipinski definition) is 1. The van der Waals surface area contributed by atoms with Crippen molar-refractivity contribution in [2.75, 3.05) is 7.11 Å². The SMILES string of the molecule is COc1ccc(-c2nnc(CC(=O)NCc3cccc(Cl)c3)o2)cc1. The van der Waals surface area contributed by atoms with Gasteiger partial charge in [0.05, 0.1) is 7.11 Å². The highest BCUT2D eigenvalue weighted by molar-refractivity contribution is 6.30. The van der Waals surface area contributed by atoms with Crippen molar-refractivity contribution in [3.63, 3.8) is 0 Å². The van der Waals surface area contributed by atoms with Crippen molar-refractivity contribution in [3.8, 4) is 17.2 Å². The maximum absolute atomic E-state index is 12.0. The van der Waals surface area contributed by atoms with E-state index in [2.05, 4.69) is 15.5 Å². The summed E-state index contributed by atoms with van der Waals surface area (Å²) in [6.45, 7) is 0.388. The fraction of sp³-hybridized carbons (Fsp3) is 0.167. The van der Waals surface area contributed by atoms with E-state index in [1.807, 2.05) is 24.3 Å². The predicted molar refractivity (Wildman–Crippen MR) is 93.3 cm³/mol. The van der Waals surface area contributed by atoms with Crippen LogP contribution < -0.4 is 10.1 Å². The predicted octanol–water partition coefficient (Wildman–Crippen LogP) is 3.26. The standard InChI is InChI=1S/C18H16ClN3O3/c1-24-15-7-5-13(6-8-15)18-22-21-17(25-18)10-16(23)20-11-12-3-2-4-14(19)9-12/h2-9H,10-11H2,1H3,(H,20,23). The first-order valence-electron chi connectivity index (χ1n) is 7.62. The summed E-state index contributed by atoms with van der Waals surface area (Å²) >= 11 is 5.92. The van der Waals surface area contributed by atoms with Crippen molar-refractivity contribution < 1.29 is 13.9 Å². The van der Waals surface area contributed by atoms with E-state index < -0.39 is 0 Å². The normalized spacial score (nSPS) is 10.5. The van der Waals surface area contributed by atoms with Crippen molar-refractivity contribution in [3.05, 3.63) is 65.0 Å². The van der Waals surface area contributed by atoms with Gasteiger partial charge in [-0.25, -0.2) is 0 Å². The van der Waals surface area contributed by atoms with Gasteiger partial charge in [-0.2, -0.15) is 0 Å². The van der Waals surface area contributed by atoms with Gasteiger partial charge in [0.2, 0.25) is 17.7 Å². The molecular weight excluding hydrogens is 342 g/mol. The molecular formula is C18H16ClN3O3. The summed E-state index contributed by atoms with van der Waals surface area (Å²) in [5.41, 5.74) is 1.68. The highest BCUT2D eigenvalue weighted by Crippen LogP contribution is 2.21. The second-order valence-electron chi connectivity index (χ2n) is 5.31. The molecule has 7 heteroatoms. The van der Waals surface area contributed by atoms with Crippen molar-refractivity contribution in [2.45, 2.75) is 13.0 Å². The minimum atomic E-state index is -0.204. The molecule has 3 aromatic rings. The van der Waals surface area contributed by atoms with Crippen molar-refractivity contribution >= 4 is 17.5 Å². The van der Waals surface area contributed by atoms with E-state index in [1.54, 1.807) is 31.4 Å². The van der Waals surface area contributed by atoms with Crippen LogP contribution in [0, 0.1) is 0 Å². The fourth-order valence-corrected chi connectivity index (χ4v) is 2.44. The second kappa shape index (κ2) is 7.81. The molecule has 128 valence electrons. The monoisotopic (exact) mass is 357 g/mol. The molecule has 1 aromatic heterocycles. The number of carbonyl (C=O) groups excluding carboxylic acids is 1. The van der Waals surface area contributed by atoms with E-state index in [-0.39, 0.29) is 18.2 Å². The molecule has 1 heterocycles. The zero-order chi connectivity index (χ0) is 17.6. The lowest BCUT2D eigenvalue weighted by atomic mass is 10.2. The van der Waals surface area contributed by atoms with Crippen LogP contribution >= 0.6 is 11.6 Å². The minimum absolute atomic E-state index is 0.0176. The number of nitrogens with one attached hydrogen (secondary N) is 1. The average Bonchev–Trinajstić information content (AvgIpc) is 3.08. The Labute approximate surface area is 149 Å². The van der Waals surface area contributed by atoms with E-state index in [0.717, 1.165) is 16.9 Å². The number of hydrogen-bond acceptors (Lipinski definition) is 5. The molecule has 0 aliphatic carbocycles. The summed E-state index contributed by atoms with van der Waals surface area (Å²) in [5.74, 6) is 1.16. The molecule has 0 saturated carbocycles. The third-order valence-corrected chi connectivity index (χ3v) is 3.73. The molecule has 0 spiro atoms. The molecule has 0 atom stereocenters. The van der Waals surface area contributed by atoms with Crippen molar-refractivity contribution in [1.82, 2.24) is 15.5 Å². The Morgan fingerprint density at radius 1 is 1.20 bits per heavy atom. The topological polar surface area (TPSA) is 77.2 Å². The molecule has 0 saturated heterocycles. The van der Waals surface area contributed by atoms with Gasteiger partial charge in [-0.1, -0.05) is 23.7 Å². The molecule has 6 nitrogen and oxygen atoms in total. The Morgan fingerprint density at radius 2 is 2.00 bits per heavy atom. The van der Waals surface area contributed by atoms with Crippen LogP contribution in [0.15, 0.2) is 52.9 Å². The largest absolute Gasteiger partial charge is 0.497 e. The number of halogens is 1. The van der Waals surface area contributed by atoms with Crippen LogP contribution in [0.1, 0.15) is 11.5 Å². The summed E-state index contributed by atoms with van der Waals surface area (Å²) in [6, 6.07) is 14.5. The molecule has 0 aliphatic heterocycles. The lowest BCUT2D eigenvalue weighted by Crippen LogP contribution is -2.24. The summed E-state index contributed by atoms with van der Waals surface area (Å²) in [6.07, 6.45) is 0.0176. The lowest BCUT2D eigenvalue weighted by molar-refractivity contribution is -0.120. The van der Waals surface area contributed by atoms with Crippen LogP contribution in [0.25, 0.3) is 11.5 Å². The Balaban J connectivity index is 1.57. The maximum Gasteiger partial charge on any atom is 0.247 e. The van der Waals surface area contributed by atoms with Gasteiger partial charge >= 0.3 is 0 Å². The zero-order valence-corrected chi connectivity index (χ0v) is 14.3.